The molecule has 11 nitrogen and oxygen atoms in total. The van der Waals surface area contributed by atoms with Crippen LogP contribution >= 0.6 is 0 Å². The Morgan fingerprint density at radius 2 is 2.03 bits per heavy atom. The molecule has 3 unspecified atom stereocenters. The molecule has 0 saturated carbocycles. The highest BCUT2D eigenvalue weighted by Gasteiger charge is 2.36. The Morgan fingerprint density at radius 1 is 1.27 bits per heavy atom. The molecule has 3 amide bonds. The number of rotatable bonds is 9. The SMILES string of the molecule is COc1ccccc1CNCC1=CCC(C(N)=O)C(=O)N(CC(=O)NC2CC(=O)OC2O)C1. The predicted molar refractivity (Wildman–Crippen MR) is 115 cm³/mol. The Hall–Kier alpha value is -3.44. The summed E-state index contributed by atoms with van der Waals surface area (Å²) in [6, 6.07) is 6.68. The first kappa shape index (κ1) is 24.2. The lowest BCUT2D eigenvalue weighted by Gasteiger charge is -2.25. The maximum atomic E-state index is 12.8. The number of amides is 3. The molecule has 0 radical (unpaired) electrons. The first-order valence-electron chi connectivity index (χ1n) is 10.5. The Balaban J connectivity index is 1.63. The average molecular weight is 460 g/mol. The minimum Gasteiger partial charge on any atom is -0.496 e. The predicted octanol–water partition coefficient (Wildman–Crippen LogP) is -1.20. The van der Waals surface area contributed by atoms with E-state index < -0.39 is 41.9 Å². The monoisotopic (exact) mass is 460 g/mol. The number of allylic oxidation sites excluding steroid dienone is 1. The van der Waals surface area contributed by atoms with Gasteiger partial charge in [0.25, 0.3) is 0 Å². The number of hydrogen-bond acceptors (Lipinski definition) is 8. The summed E-state index contributed by atoms with van der Waals surface area (Å²) < 4.78 is 9.94. The van der Waals surface area contributed by atoms with E-state index in [1.54, 1.807) is 13.2 Å². The highest BCUT2D eigenvalue weighted by atomic mass is 16.6. The van der Waals surface area contributed by atoms with Crippen LogP contribution in [0.15, 0.2) is 35.9 Å². The molecule has 2 aliphatic rings. The van der Waals surface area contributed by atoms with Crippen molar-refractivity contribution in [2.45, 2.75) is 31.7 Å². The number of aliphatic hydroxyl groups is 1. The minimum absolute atomic E-state index is 0.123. The molecule has 0 spiro atoms. The van der Waals surface area contributed by atoms with Crippen molar-refractivity contribution in [2.24, 2.45) is 11.7 Å². The van der Waals surface area contributed by atoms with Crippen LogP contribution in [0.25, 0.3) is 0 Å². The van der Waals surface area contributed by atoms with E-state index in [1.165, 1.54) is 4.90 Å². The number of ether oxygens (including phenoxy) is 2. The number of primary amides is 1. The van der Waals surface area contributed by atoms with Crippen molar-refractivity contribution in [2.75, 3.05) is 26.7 Å². The molecule has 178 valence electrons. The normalized spacial score (nSPS) is 22.9. The molecule has 0 bridgehead atoms. The maximum Gasteiger partial charge on any atom is 0.310 e. The lowest BCUT2D eigenvalue weighted by molar-refractivity contribution is -0.155. The van der Waals surface area contributed by atoms with E-state index in [0.29, 0.717) is 13.1 Å². The van der Waals surface area contributed by atoms with Crippen LogP contribution < -0.4 is 21.1 Å². The van der Waals surface area contributed by atoms with Gasteiger partial charge in [-0.2, -0.15) is 0 Å². The number of nitrogens with one attached hydrogen (secondary N) is 2. The van der Waals surface area contributed by atoms with Gasteiger partial charge in [-0.3, -0.25) is 19.2 Å². The number of carbonyl (C=O) groups excluding carboxylic acids is 4. The zero-order chi connectivity index (χ0) is 24.0. The van der Waals surface area contributed by atoms with Crippen LogP contribution in [0.1, 0.15) is 18.4 Å². The van der Waals surface area contributed by atoms with Crippen LogP contribution in [0.2, 0.25) is 0 Å². The molecule has 1 saturated heterocycles. The Bertz CT molecular complexity index is 948. The van der Waals surface area contributed by atoms with Crippen LogP contribution in [0.3, 0.4) is 0 Å². The number of para-hydroxylation sites is 1. The van der Waals surface area contributed by atoms with Crippen molar-refractivity contribution in [3.05, 3.63) is 41.5 Å². The molecule has 5 N–H and O–H groups in total. The van der Waals surface area contributed by atoms with Crippen LogP contribution in [0.4, 0.5) is 0 Å². The quantitative estimate of drug-likeness (QED) is 0.203. The Labute approximate surface area is 190 Å². The van der Waals surface area contributed by atoms with Gasteiger partial charge in [-0.25, -0.2) is 0 Å². The highest BCUT2D eigenvalue weighted by molar-refractivity contribution is 6.01. The van der Waals surface area contributed by atoms with Crippen LogP contribution in [0.5, 0.6) is 5.75 Å². The fourth-order valence-electron chi connectivity index (χ4n) is 3.79. The largest absolute Gasteiger partial charge is 0.496 e. The Morgan fingerprint density at radius 3 is 2.70 bits per heavy atom. The summed E-state index contributed by atoms with van der Waals surface area (Å²) in [6.45, 7) is 0.697. The fourth-order valence-corrected chi connectivity index (χ4v) is 3.79. The number of aliphatic hydroxyl groups excluding tert-OH is 1. The van der Waals surface area contributed by atoms with Gasteiger partial charge < -0.3 is 35.8 Å². The van der Waals surface area contributed by atoms with Gasteiger partial charge >= 0.3 is 5.97 Å². The summed E-state index contributed by atoms with van der Waals surface area (Å²) in [5, 5.41) is 15.4. The van der Waals surface area contributed by atoms with Gasteiger partial charge in [-0.15, -0.1) is 0 Å². The van der Waals surface area contributed by atoms with E-state index in [2.05, 4.69) is 15.4 Å². The number of methoxy groups -OCH3 is 1. The summed E-state index contributed by atoms with van der Waals surface area (Å²) in [4.78, 5) is 49.7. The summed E-state index contributed by atoms with van der Waals surface area (Å²) in [5.74, 6) is -2.86. The second kappa shape index (κ2) is 10.9. The molecule has 33 heavy (non-hydrogen) atoms. The highest BCUT2D eigenvalue weighted by Crippen LogP contribution is 2.19. The third-order valence-electron chi connectivity index (χ3n) is 5.51. The summed E-state index contributed by atoms with van der Waals surface area (Å²) in [6.07, 6.45) is 0.326. The van der Waals surface area contributed by atoms with E-state index in [4.69, 9.17) is 10.5 Å². The van der Waals surface area contributed by atoms with E-state index in [-0.39, 0.29) is 25.9 Å². The van der Waals surface area contributed by atoms with Gasteiger partial charge in [0.2, 0.25) is 24.0 Å². The molecule has 2 aliphatic heterocycles. The van der Waals surface area contributed by atoms with Crippen molar-refractivity contribution in [1.29, 1.82) is 0 Å². The smallest absolute Gasteiger partial charge is 0.310 e. The molecule has 0 aliphatic carbocycles. The van der Waals surface area contributed by atoms with E-state index in [9.17, 15) is 24.3 Å². The summed E-state index contributed by atoms with van der Waals surface area (Å²) >= 11 is 0. The lowest BCUT2D eigenvalue weighted by Crippen LogP contribution is -2.49. The van der Waals surface area contributed by atoms with Gasteiger partial charge in [-0.05, 0) is 18.1 Å². The number of benzene rings is 1. The fraction of sp³-hybridized carbons (Fsp3) is 0.455. The summed E-state index contributed by atoms with van der Waals surface area (Å²) in [5.41, 5.74) is 7.18. The molecule has 1 aromatic rings. The molecular weight excluding hydrogens is 432 g/mol. The number of cyclic esters (lactones) is 1. The molecule has 0 aromatic heterocycles. The van der Waals surface area contributed by atoms with E-state index in [1.807, 2.05) is 24.3 Å². The first-order valence-corrected chi connectivity index (χ1v) is 10.5. The number of esters is 1. The van der Waals surface area contributed by atoms with Crippen LogP contribution in [-0.4, -0.2) is 72.8 Å². The summed E-state index contributed by atoms with van der Waals surface area (Å²) in [7, 11) is 1.60. The van der Waals surface area contributed by atoms with Crippen molar-refractivity contribution in [3.8, 4) is 5.75 Å². The van der Waals surface area contributed by atoms with Gasteiger partial charge in [0, 0.05) is 25.2 Å². The molecule has 1 aromatic carbocycles. The van der Waals surface area contributed by atoms with Crippen molar-refractivity contribution >= 4 is 23.7 Å². The molecule has 3 atom stereocenters. The molecular formula is C22H28N4O7. The van der Waals surface area contributed by atoms with Gasteiger partial charge in [0.15, 0.2) is 0 Å². The molecule has 11 heteroatoms. The lowest BCUT2D eigenvalue weighted by atomic mass is 10.0. The standard InChI is InChI=1S/C22H28N4O7/c1-32-17-5-3-2-4-14(17)10-24-9-13-6-7-15(20(23)29)21(30)26(11-13)12-18(27)25-16-8-19(28)33-22(16)31/h2-6,15-16,22,24,31H,7-12H2,1H3,(H2,23,29)(H,25,27). The van der Waals surface area contributed by atoms with Crippen LogP contribution in [0, 0.1) is 5.92 Å². The number of nitrogens with zero attached hydrogens (tertiary/aromatic N) is 1. The molecule has 3 rings (SSSR count). The van der Waals surface area contributed by atoms with Crippen molar-refractivity contribution in [1.82, 2.24) is 15.5 Å². The first-order chi connectivity index (χ1) is 15.8. The number of hydrogen-bond donors (Lipinski definition) is 4. The second-order valence-corrected chi connectivity index (χ2v) is 7.92. The third-order valence-corrected chi connectivity index (χ3v) is 5.51. The third kappa shape index (κ3) is 6.30. The second-order valence-electron chi connectivity index (χ2n) is 7.92. The minimum atomic E-state index is -1.44. The topological polar surface area (TPSA) is 160 Å². The molecule has 1 fully saturated rings. The maximum absolute atomic E-state index is 12.8. The van der Waals surface area contributed by atoms with Crippen LogP contribution in [-0.2, 0) is 30.5 Å². The van der Waals surface area contributed by atoms with Gasteiger partial charge in [0.1, 0.15) is 17.7 Å². The number of nitrogens with two attached hydrogens (primary N) is 1. The van der Waals surface area contributed by atoms with Crippen molar-refractivity contribution < 1.29 is 33.8 Å². The zero-order valence-electron chi connectivity index (χ0n) is 18.3. The van der Waals surface area contributed by atoms with Gasteiger partial charge in [0.05, 0.1) is 20.1 Å². The Kier molecular flexibility index (Phi) is 8.01. The zero-order valence-corrected chi connectivity index (χ0v) is 18.3. The van der Waals surface area contributed by atoms with E-state index >= 15 is 0 Å². The molecule has 2 heterocycles. The van der Waals surface area contributed by atoms with E-state index in [0.717, 1.165) is 16.9 Å². The average Bonchev–Trinajstić information content (AvgIpc) is 2.99. The van der Waals surface area contributed by atoms with Crippen molar-refractivity contribution in [3.63, 3.8) is 0 Å². The van der Waals surface area contributed by atoms with Gasteiger partial charge in [-0.1, -0.05) is 24.3 Å². The number of carbonyl (C=O) groups is 4.